The third-order valence-electron chi connectivity index (χ3n) is 3.17. The van der Waals surface area contributed by atoms with E-state index >= 15 is 0 Å². The molecule has 4 nitrogen and oxygen atoms in total. The highest BCUT2D eigenvalue weighted by Crippen LogP contribution is 2.24. The van der Waals surface area contributed by atoms with Crippen molar-refractivity contribution < 1.29 is 14.3 Å². The molecule has 2 aromatic carbocycles. The molecule has 0 atom stereocenters. The molecule has 0 saturated heterocycles. The van der Waals surface area contributed by atoms with Crippen molar-refractivity contribution in [2.75, 3.05) is 25.1 Å². The molecule has 0 heterocycles. The average molecular weight is 378 g/mol. The van der Waals surface area contributed by atoms with Crippen molar-refractivity contribution in [2.45, 2.75) is 13.8 Å². The molecule has 0 spiro atoms. The summed E-state index contributed by atoms with van der Waals surface area (Å²) in [5.41, 5.74) is 2.41. The third kappa shape index (κ3) is 5.37. The minimum atomic E-state index is -0.176. The number of aryl methyl sites for hydroxylation is 1. The van der Waals surface area contributed by atoms with Crippen LogP contribution in [0.1, 0.15) is 22.8 Å². The van der Waals surface area contributed by atoms with Crippen LogP contribution in [0, 0.1) is 6.92 Å². The maximum Gasteiger partial charge on any atom is 0.255 e. The molecule has 0 radical (unpaired) electrons. The molecule has 0 bridgehead atoms. The minimum Gasteiger partial charge on any atom is -0.491 e. The van der Waals surface area contributed by atoms with Crippen LogP contribution in [-0.4, -0.2) is 25.7 Å². The Labute approximate surface area is 144 Å². The van der Waals surface area contributed by atoms with E-state index in [1.54, 1.807) is 18.2 Å². The van der Waals surface area contributed by atoms with E-state index in [0.29, 0.717) is 31.1 Å². The number of hydrogen-bond acceptors (Lipinski definition) is 3. The molecule has 0 fully saturated rings. The fourth-order valence-corrected chi connectivity index (χ4v) is 2.60. The zero-order chi connectivity index (χ0) is 16.7. The number of amides is 1. The highest BCUT2D eigenvalue weighted by Gasteiger charge is 2.09. The van der Waals surface area contributed by atoms with Crippen molar-refractivity contribution >= 4 is 27.5 Å². The van der Waals surface area contributed by atoms with E-state index in [2.05, 4.69) is 21.2 Å². The first-order valence-corrected chi connectivity index (χ1v) is 8.27. The lowest BCUT2D eigenvalue weighted by Crippen LogP contribution is -2.13. The summed E-state index contributed by atoms with van der Waals surface area (Å²) in [6, 6.07) is 12.9. The number of rotatable bonds is 7. The van der Waals surface area contributed by atoms with Crippen molar-refractivity contribution in [3.8, 4) is 5.75 Å². The zero-order valence-electron chi connectivity index (χ0n) is 13.3. The van der Waals surface area contributed by atoms with Crippen LogP contribution in [0.5, 0.6) is 5.75 Å². The molecule has 23 heavy (non-hydrogen) atoms. The fourth-order valence-electron chi connectivity index (χ4n) is 2.01. The standard InChI is InChI=1S/C18H20BrNO3/c1-3-22-9-10-23-15-6-4-5-14(12-15)18(21)20-17-8-7-13(2)11-16(17)19/h4-8,11-12H,3,9-10H2,1-2H3,(H,20,21). The van der Waals surface area contributed by atoms with E-state index in [0.717, 1.165) is 15.7 Å². The molecule has 122 valence electrons. The molecule has 1 N–H and O–H groups in total. The van der Waals surface area contributed by atoms with Crippen molar-refractivity contribution in [1.82, 2.24) is 0 Å². The molecule has 1 amide bonds. The molecule has 0 unspecified atom stereocenters. The number of hydrogen-bond donors (Lipinski definition) is 1. The van der Waals surface area contributed by atoms with Crippen molar-refractivity contribution in [3.05, 3.63) is 58.1 Å². The minimum absolute atomic E-state index is 0.176. The number of nitrogens with one attached hydrogen (secondary N) is 1. The summed E-state index contributed by atoms with van der Waals surface area (Å²) in [7, 11) is 0. The molecule has 0 aliphatic rings. The highest BCUT2D eigenvalue weighted by molar-refractivity contribution is 9.10. The molecule has 5 heteroatoms. The lowest BCUT2D eigenvalue weighted by Gasteiger charge is -2.10. The van der Waals surface area contributed by atoms with Gasteiger partial charge in [0, 0.05) is 16.6 Å². The SMILES string of the molecule is CCOCCOc1cccc(C(=O)Nc2ccc(C)cc2Br)c1. The van der Waals surface area contributed by atoms with Gasteiger partial charge in [0.15, 0.2) is 0 Å². The Kier molecular flexibility index (Phi) is 6.62. The van der Waals surface area contributed by atoms with Gasteiger partial charge in [-0.25, -0.2) is 0 Å². The second-order valence-corrected chi connectivity index (χ2v) is 5.86. The molecule has 0 aliphatic carbocycles. The average Bonchev–Trinajstić information content (AvgIpc) is 2.54. The van der Waals surface area contributed by atoms with Gasteiger partial charge in [-0.3, -0.25) is 4.79 Å². The Hall–Kier alpha value is -1.85. The monoisotopic (exact) mass is 377 g/mol. The molecule has 0 aliphatic heterocycles. The van der Waals surface area contributed by atoms with Gasteiger partial charge in [-0.15, -0.1) is 0 Å². The summed E-state index contributed by atoms with van der Waals surface area (Å²) in [5, 5.41) is 2.89. The van der Waals surface area contributed by atoms with Gasteiger partial charge >= 0.3 is 0 Å². The Morgan fingerprint density at radius 3 is 2.74 bits per heavy atom. The van der Waals surface area contributed by atoms with Gasteiger partial charge < -0.3 is 14.8 Å². The number of ether oxygens (including phenoxy) is 2. The van der Waals surface area contributed by atoms with Gasteiger partial charge in [0.05, 0.1) is 12.3 Å². The van der Waals surface area contributed by atoms with Gasteiger partial charge in [0.25, 0.3) is 5.91 Å². The maximum atomic E-state index is 12.4. The zero-order valence-corrected chi connectivity index (χ0v) is 14.9. The summed E-state index contributed by atoms with van der Waals surface area (Å²) in [6.45, 7) is 5.59. The predicted octanol–water partition coefficient (Wildman–Crippen LogP) is 4.43. The molecular formula is C18H20BrNO3. The number of carbonyl (C=O) groups excluding carboxylic acids is 1. The third-order valence-corrected chi connectivity index (χ3v) is 3.83. The van der Waals surface area contributed by atoms with E-state index in [9.17, 15) is 4.79 Å². The number of benzene rings is 2. The van der Waals surface area contributed by atoms with E-state index in [1.165, 1.54) is 0 Å². The summed E-state index contributed by atoms with van der Waals surface area (Å²) in [4.78, 5) is 12.4. The molecule has 0 saturated carbocycles. The fraction of sp³-hybridized carbons (Fsp3) is 0.278. The quantitative estimate of drug-likeness (QED) is 0.726. The van der Waals surface area contributed by atoms with E-state index < -0.39 is 0 Å². The van der Waals surface area contributed by atoms with Gasteiger partial charge in [0.1, 0.15) is 12.4 Å². The summed E-state index contributed by atoms with van der Waals surface area (Å²) in [6.07, 6.45) is 0. The molecular weight excluding hydrogens is 358 g/mol. The first-order valence-electron chi connectivity index (χ1n) is 7.48. The van der Waals surface area contributed by atoms with E-state index in [1.807, 2.05) is 38.1 Å². The summed E-state index contributed by atoms with van der Waals surface area (Å²) >= 11 is 3.46. The van der Waals surface area contributed by atoms with Gasteiger partial charge in [-0.1, -0.05) is 12.1 Å². The van der Waals surface area contributed by atoms with Crippen molar-refractivity contribution in [1.29, 1.82) is 0 Å². The number of carbonyl (C=O) groups is 1. The Balaban J connectivity index is 2.01. The Morgan fingerprint density at radius 2 is 2.00 bits per heavy atom. The van der Waals surface area contributed by atoms with Crippen LogP contribution in [0.4, 0.5) is 5.69 Å². The van der Waals surface area contributed by atoms with Crippen LogP contribution in [0.2, 0.25) is 0 Å². The molecule has 0 aromatic heterocycles. The number of halogens is 1. The van der Waals surface area contributed by atoms with Crippen LogP contribution >= 0.6 is 15.9 Å². The highest BCUT2D eigenvalue weighted by atomic mass is 79.9. The lowest BCUT2D eigenvalue weighted by molar-refractivity contribution is 0.102. The first kappa shape index (κ1) is 17.5. The van der Waals surface area contributed by atoms with Crippen LogP contribution in [-0.2, 0) is 4.74 Å². The lowest BCUT2D eigenvalue weighted by atomic mass is 10.2. The van der Waals surface area contributed by atoms with E-state index in [-0.39, 0.29) is 5.91 Å². The van der Waals surface area contributed by atoms with E-state index in [4.69, 9.17) is 9.47 Å². The second-order valence-electron chi connectivity index (χ2n) is 5.01. The number of anilines is 1. The molecule has 2 rings (SSSR count). The van der Waals surface area contributed by atoms with Crippen LogP contribution in [0.15, 0.2) is 46.9 Å². The normalized spacial score (nSPS) is 10.4. The summed E-state index contributed by atoms with van der Waals surface area (Å²) in [5.74, 6) is 0.477. The smallest absolute Gasteiger partial charge is 0.255 e. The summed E-state index contributed by atoms with van der Waals surface area (Å²) < 4.78 is 11.7. The van der Waals surface area contributed by atoms with Crippen LogP contribution < -0.4 is 10.1 Å². The maximum absolute atomic E-state index is 12.4. The first-order chi connectivity index (χ1) is 11.1. The van der Waals surface area contributed by atoms with Crippen LogP contribution in [0.25, 0.3) is 0 Å². The van der Waals surface area contributed by atoms with Crippen molar-refractivity contribution in [3.63, 3.8) is 0 Å². The van der Waals surface area contributed by atoms with Crippen LogP contribution in [0.3, 0.4) is 0 Å². The van der Waals surface area contributed by atoms with Gasteiger partial charge in [-0.2, -0.15) is 0 Å². The Morgan fingerprint density at radius 1 is 1.17 bits per heavy atom. The largest absolute Gasteiger partial charge is 0.491 e. The van der Waals surface area contributed by atoms with Crippen molar-refractivity contribution in [2.24, 2.45) is 0 Å². The van der Waals surface area contributed by atoms with Gasteiger partial charge in [0.2, 0.25) is 0 Å². The molecule has 2 aromatic rings. The van der Waals surface area contributed by atoms with Gasteiger partial charge in [-0.05, 0) is 65.7 Å². The topological polar surface area (TPSA) is 47.6 Å². The second kappa shape index (κ2) is 8.70. The predicted molar refractivity (Wildman–Crippen MR) is 95.3 cm³/mol. The Bertz CT molecular complexity index is 673.